The lowest BCUT2D eigenvalue weighted by atomic mass is 10.0. The van der Waals surface area contributed by atoms with Crippen molar-refractivity contribution in [1.29, 1.82) is 0 Å². The molecule has 8 heteroatoms. The van der Waals surface area contributed by atoms with E-state index in [9.17, 15) is 26.7 Å². The molecule has 0 amide bonds. The predicted molar refractivity (Wildman–Crippen MR) is 64.9 cm³/mol. The monoisotopic (exact) mass is 358 g/mol. The van der Waals surface area contributed by atoms with Crippen LogP contribution < -0.4 is 0 Å². The van der Waals surface area contributed by atoms with Gasteiger partial charge in [-0.05, 0) is 22.0 Å². The second-order valence-electron chi connectivity index (χ2n) is 3.67. The zero-order valence-corrected chi connectivity index (χ0v) is 11.3. The second kappa shape index (κ2) is 4.52. The highest BCUT2D eigenvalue weighted by Gasteiger charge is 2.63. The molecule has 0 atom stereocenters. The number of halogens is 6. The summed E-state index contributed by atoms with van der Waals surface area (Å²) in [5.74, 6) is -7.62. The summed E-state index contributed by atoms with van der Waals surface area (Å²) in [6, 6.07) is 4.40. The van der Waals surface area contributed by atoms with Crippen molar-refractivity contribution >= 4 is 43.1 Å². The van der Waals surface area contributed by atoms with Crippen LogP contribution in [0.15, 0.2) is 28.1 Å². The minimum Gasteiger partial charge on any atom is -0.287 e. The first-order valence-corrected chi connectivity index (χ1v) is 6.48. The lowest BCUT2D eigenvalue weighted by molar-refractivity contribution is -0.255. The number of hydrogen-bond donors (Lipinski definition) is 0. The molecular weight excluding hydrogens is 355 g/mol. The maximum Gasteiger partial charge on any atom is 0.461 e. The van der Waals surface area contributed by atoms with Crippen LogP contribution in [0.1, 0.15) is 10.4 Å². The summed E-state index contributed by atoms with van der Waals surface area (Å²) in [6.07, 6.45) is -5.90. The van der Waals surface area contributed by atoms with Gasteiger partial charge in [0.25, 0.3) is 0 Å². The van der Waals surface area contributed by atoms with Crippen molar-refractivity contribution in [3.8, 4) is 0 Å². The van der Waals surface area contributed by atoms with E-state index in [1.807, 2.05) is 0 Å². The quantitative estimate of drug-likeness (QED) is 0.542. The van der Waals surface area contributed by atoms with Gasteiger partial charge in [0.1, 0.15) is 0 Å². The zero-order chi connectivity index (χ0) is 14.4. The van der Waals surface area contributed by atoms with E-state index in [-0.39, 0.29) is 5.39 Å². The molecule has 102 valence electrons. The fraction of sp³-hybridized carbons (Fsp3) is 0.182. The van der Waals surface area contributed by atoms with E-state index < -0.39 is 23.4 Å². The first-order chi connectivity index (χ1) is 8.66. The van der Waals surface area contributed by atoms with Crippen LogP contribution >= 0.6 is 27.3 Å². The van der Waals surface area contributed by atoms with Gasteiger partial charge in [0.05, 0.1) is 0 Å². The van der Waals surface area contributed by atoms with E-state index in [2.05, 4.69) is 15.9 Å². The number of fused-ring (bicyclic) bond motifs is 1. The summed E-state index contributed by atoms with van der Waals surface area (Å²) in [4.78, 5) is 11.4. The van der Waals surface area contributed by atoms with Crippen LogP contribution in [0.25, 0.3) is 10.1 Å². The van der Waals surface area contributed by atoms with E-state index in [0.29, 0.717) is 9.17 Å². The smallest absolute Gasteiger partial charge is 0.287 e. The topological polar surface area (TPSA) is 17.1 Å². The fourth-order valence-corrected chi connectivity index (χ4v) is 3.10. The van der Waals surface area contributed by atoms with Crippen molar-refractivity contribution in [3.63, 3.8) is 0 Å². The van der Waals surface area contributed by atoms with Crippen molar-refractivity contribution in [1.82, 2.24) is 0 Å². The van der Waals surface area contributed by atoms with Crippen LogP contribution in [-0.2, 0) is 0 Å². The van der Waals surface area contributed by atoms with E-state index in [1.165, 1.54) is 12.1 Å². The number of hydrogen-bond acceptors (Lipinski definition) is 2. The number of ketones is 1. The molecule has 1 heterocycles. The molecule has 0 aliphatic carbocycles. The van der Waals surface area contributed by atoms with Gasteiger partial charge in [0, 0.05) is 25.5 Å². The average Bonchev–Trinajstić information content (AvgIpc) is 2.71. The molecule has 2 rings (SSSR count). The summed E-state index contributed by atoms with van der Waals surface area (Å²) in [6.45, 7) is 0. The standard InChI is InChI=1S/C11H4BrF5OS/c12-7-3-1-2-5-6(4-19-8(5)7)9(18)10(13,14)11(15,16)17/h1-4H. The third-order valence-electron chi connectivity index (χ3n) is 2.44. The summed E-state index contributed by atoms with van der Waals surface area (Å²) < 4.78 is 63.6. The summed E-state index contributed by atoms with van der Waals surface area (Å²) in [5, 5.41) is 1.09. The Morgan fingerprint density at radius 2 is 1.79 bits per heavy atom. The van der Waals surface area contributed by atoms with E-state index in [1.54, 1.807) is 6.07 Å². The van der Waals surface area contributed by atoms with E-state index in [4.69, 9.17) is 0 Å². The number of rotatable bonds is 2. The normalized spacial score (nSPS) is 12.9. The van der Waals surface area contributed by atoms with Gasteiger partial charge in [-0.15, -0.1) is 11.3 Å². The van der Waals surface area contributed by atoms with Crippen molar-refractivity contribution in [2.45, 2.75) is 12.1 Å². The molecule has 0 saturated carbocycles. The molecule has 0 fully saturated rings. The number of carbonyl (C=O) groups excluding carboxylic acids is 1. The fourth-order valence-electron chi connectivity index (χ4n) is 1.50. The summed E-state index contributed by atoms with van der Waals surface area (Å²) in [5.41, 5.74) is -0.622. The van der Waals surface area contributed by atoms with Crippen LogP contribution in [0.3, 0.4) is 0 Å². The number of benzene rings is 1. The number of alkyl halides is 5. The molecule has 0 N–H and O–H groups in total. The minimum atomic E-state index is -5.90. The van der Waals surface area contributed by atoms with Crippen molar-refractivity contribution in [3.05, 3.63) is 33.6 Å². The van der Waals surface area contributed by atoms with Crippen LogP contribution in [0.2, 0.25) is 0 Å². The van der Waals surface area contributed by atoms with Crippen LogP contribution in [0.5, 0.6) is 0 Å². The Kier molecular flexibility index (Phi) is 3.42. The predicted octanol–water partition coefficient (Wildman–Crippen LogP) is 5.04. The maximum atomic E-state index is 13.0. The Morgan fingerprint density at radius 1 is 1.16 bits per heavy atom. The van der Waals surface area contributed by atoms with Gasteiger partial charge in [0.2, 0.25) is 5.78 Å². The number of Topliss-reactive ketones (excluding diaryl/α,β-unsaturated/α-hetero) is 1. The van der Waals surface area contributed by atoms with Crippen LogP contribution in [0.4, 0.5) is 22.0 Å². The van der Waals surface area contributed by atoms with Gasteiger partial charge in [-0.2, -0.15) is 22.0 Å². The van der Waals surface area contributed by atoms with Gasteiger partial charge < -0.3 is 0 Å². The summed E-state index contributed by atoms with van der Waals surface area (Å²) in [7, 11) is 0. The minimum absolute atomic E-state index is 0.0771. The zero-order valence-electron chi connectivity index (χ0n) is 8.89. The highest BCUT2D eigenvalue weighted by Crippen LogP contribution is 2.41. The molecule has 0 aliphatic heterocycles. The molecular formula is C11H4BrF5OS. The first kappa shape index (κ1) is 14.4. The van der Waals surface area contributed by atoms with E-state index in [0.717, 1.165) is 16.7 Å². The van der Waals surface area contributed by atoms with Gasteiger partial charge >= 0.3 is 12.1 Å². The molecule has 0 aliphatic rings. The number of thiophene rings is 1. The Hall–Kier alpha value is -1.02. The molecule has 19 heavy (non-hydrogen) atoms. The third-order valence-corrected chi connectivity index (χ3v) is 4.39. The Labute approximate surface area is 116 Å². The average molecular weight is 359 g/mol. The Morgan fingerprint density at radius 3 is 2.37 bits per heavy atom. The SMILES string of the molecule is O=C(c1csc2c(Br)cccc12)C(F)(F)C(F)(F)F. The molecule has 0 saturated heterocycles. The molecule has 1 nitrogen and oxygen atoms in total. The molecule has 1 aromatic carbocycles. The van der Waals surface area contributed by atoms with Gasteiger partial charge in [-0.1, -0.05) is 12.1 Å². The molecule has 2 aromatic rings. The van der Waals surface area contributed by atoms with Crippen molar-refractivity contribution in [2.24, 2.45) is 0 Å². The van der Waals surface area contributed by atoms with Gasteiger partial charge in [-0.3, -0.25) is 4.79 Å². The van der Waals surface area contributed by atoms with Gasteiger partial charge in [0.15, 0.2) is 0 Å². The second-order valence-corrected chi connectivity index (χ2v) is 5.40. The largest absolute Gasteiger partial charge is 0.461 e. The molecule has 0 radical (unpaired) electrons. The molecule has 0 unspecified atom stereocenters. The highest BCUT2D eigenvalue weighted by molar-refractivity contribution is 9.10. The van der Waals surface area contributed by atoms with Crippen molar-refractivity contribution in [2.75, 3.05) is 0 Å². The van der Waals surface area contributed by atoms with Gasteiger partial charge in [-0.25, -0.2) is 0 Å². The van der Waals surface area contributed by atoms with Crippen LogP contribution in [-0.4, -0.2) is 17.9 Å². The summed E-state index contributed by atoms with van der Waals surface area (Å²) >= 11 is 4.07. The Bertz CT molecular complexity index is 646. The lowest BCUT2D eigenvalue weighted by Gasteiger charge is -2.17. The van der Waals surface area contributed by atoms with E-state index >= 15 is 0 Å². The highest BCUT2D eigenvalue weighted by atomic mass is 79.9. The number of carbonyl (C=O) groups is 1. The van der Waals surface area contributed by atoms with Crippen LogP contribution in [0, 0.1) is 0 Å². The molecule has 0 spiro atoms. The third kappa shape index (κ3) is 2.27. The first-order valence-electron chi connectivity index (χ1n) is 4.81. The van der Waals surface area contributed by atoms with Crippen molar-refractivity contribution < 1.29 is 26.7 Å². The maximum absolute atomic E-state index is 13.0. The molecule has 0 bridgehead atoms. The lowest BCUT2D eigenvalue weighted by Crippen LogP contribution is -2.43. The Balaban J connectivity index is 2.58. The molecule has 1 aromatic heterocycles.